The molecular weight excluding hydrogens is 166 g/mol. The lowest BCUT2D eigenvalue weighted by molar-refractivity contribution is -0.374. The highest BCUT2D eigenvalue weighted by Gasteiger charge is 2.26. The van der Waals surface area contributed by atoms with Crippen molar-refractivity contribution in [3.63, 3.8) is 0 Å². The van der Waals surface area contributed by atoms with E-state index in [0.29, 0.717) is 0 Å². The fraction of sp³-hybridized carbons (Fsp3) is 0.400. The van der Waals surface area contributed by atoms with E-state index in [1.807, 2.05) is 31.2 Å². The summed E-state index contributed by atoms with van der Waals surface area (Å²) in [7, 11) is 0. The molecule has 0 aliphatic carbocycles. The first kappa shape index (κ1) is 8.53. The van der Waals surface area contributed by atoms with Crippen LogP contribution in [-0.4, -0.2) is 12.6 Å². The number of ether oxygens (including phenoxy) is 2. The number of hydrogen-bond donors (Lipinski definition) is 1. The Morgan fingerprint density at radius 1 is 1.23 bits per heavy atom. The molecule has 0 spiro atoms. The Morgan fingerprint density at radius 2 is 1.85 bits per heavy atom. The SMILES string of the molecule is CC1OC(Cc2ccc(N)cc2)O1. The quantitative estimate of drug-likeness (QED) is 0.700. The van der Waals surface area contributed by atoms with Gasteiger partial charge in [-0.3, -0.25) is 0 Å². The van der Waals surface area contributed by atoms with E-state index in [2.05, 4.69) is 0 Å². The van der Waals surface area contributed by atoms with Crippen molar-refractivity contribution in [1.29, 1.82) is 0 Å². The van der Waals surface area contributed by atoms with Crippen molar-refractivity contribution in [2.75, 3.05) is 5.73 Å². The lowest BCUT2D eigenvalue weighted by atomic mass is 10.1. The third-order valence-electron chi connectivity index (χ3n) is 2.07. The Bertz CT molecular complexity index is 277. The summed E-state index contributed by atoms with van der Waals surface area (Å²) >= 11 is 0. The van der Waals surface area contributed by atoms with Gasteiger partial charge in [-0.25, -0.2) is 0 Å². The highest BCUT2D eigenvalue weighted by Crippen LogP contribution is 2.20. The molecule has 0 atom stereocenters. The Kier molecular flexibility index (Phi) is 2.20. The molecular formula is C10H13NO2. The van der Waals surface area contributed by atoms with Crippen LogP contribution in [-0.2, 0) is 15.9 Å². The predicted octanol–water partition coefficient (Wildman–Crippen LogP) is 1.53. The van der Waals surface area contributed by atoms with Gasteiger partial charge >= 0.3 is 0 Å². The van der Waals surface area contributed by atoms with Gasteiger partial charge in [0.05, 0.1) is 0 Å². The van der Waals surface area contributed by atoms with Crippen LogP contribution in [0.4, 0.5) is 5.69 Å². The number of hydrogen-bond acceptors (Lipinski definition) is 3. The second kappa shape index (κ2) is 3.36. The van der Waals surface area contributed by atoms with Gasteiger partial charge in [-0.1, -0.05) is 12.1 Å². The molecule has 3 heteroatoms. The van der Waals surface area contributed by atoms with Crippen LogP contribution in [0.15, 0.2) is 24.3 Å². The van der Waals surface area contributed by atoms with Crippen molar-refractivity contribution in [3.05, 3.63) is 29.8 Å². The van der Waals surface area contributed by atoms with Crippen molar-refractivity contribution < 1.29 is 9.47 Å². The van der Waals surface area contributed by atoms with E-state index in [1.54, 1.807) is 0 Å². The zero-order chi connectivity index (χ0) is 9.26. The molecule has 1 aliphatic rings. The van der Waals surface area contributed by atoms with Crippen LogP contribution in [0, 0.1) is 0 Å². The minimum Gasteiger partial charge on any atom is -0.399 e. The van der Waals surface area contributed by atoms with Crippen molar-refractivity contribution in [3.8, 4) is 0 Å². The fourth-order valence-corrected chi connectivity index (χ4v) is 1.38. The summed E-state index contributed by atoms with van der Waals surface area (Å²) in [5, 5.41) is 0. The maximum Gasteiger partial charge on any atom is 0.167 e. The van der Waals surface area contributed by atoms with Gasteiger partial charge in [-0.05, 0) is 24.6 Å². The van der Waals surface area contributed by atoms with Gasteiger partial charge < -0.3 is 15.2 Å². The van der Waals surface area contributed by atoms with Crippen LogP contribution in [0.3, 0.4) is 0 Å². The normalized spacial score (nSPS) is 26.8. The summed E-state index contributed by atoms with van der Waals surface area (Å²) < 4.78 is 10.6. The third kappa shape index (κ3) is 1.99. The molecule has 0 aromatic heterocycles. The van der Waals surface area contributed by atoms with Crippen LogP contribution in [0.5, 0.6) is 0 Å². The molecule has 1 aromatic carbocycles. The highest BCUT2D eigenvalue weighted by atomic mass is 16.9. The van der Waals surface area contributed by atoms with Gasteiger partial charge in [0.25, 0.3) is 0 Å². The molecule has 2 N–H and O–H groups in total. The Labute approximate surface area is 77.5 Å². The van der Waals surface area contributed by atoms with Crippen LogP contribution in [0.2, 0.25) is 0 Å². The summed E-state index contributed by atoms with van der Waals surface area (Å²) in [6.07, 6.45) is 0.683. The average molecular weight is 179 g/mol. The number of benzene rings is 1. The maximum atomic E-state index is 5.56. The van der Waals surface area contributed by atoms with E-state index in [0.717, 1.165) is 12.1 Å². The summed E-state index contributed by atoms with van der Waals surface area (Å²) in [6, 6.07) is 7.75. The smallest absolute Gasteiger partial charge is 0.167 e. The molecule has 0 saturated carbocycles. The van der Waals surface area contributed by atoms with E-state index in [9.17, 15) is 0 Å². The lowest BCUT2D eigenvalue weighted by Gasteiger charge is -2.33. The van der Waals surface area contributed by atoms with Gasteiger partial charge in [0, 0.05) is 12.1 Å². The van der Waals surface area contributed by atoms with Gasteiger partial charge in [0.1, 0.15) is 0 Å². The molecule has 70 valence electrons. The Hall–Kier alpha value is -1.06. The molecule has 1 saturated heterocycles. The first-order valence-corrected chi connectivity index (χ1v) is 4.39. The van der Waals surface area contributed by atoms with Crippen LogP contribution >= 0.6 is 0 Å². The van der Waals surface area contributed by atoms with Crippen molar-refractivity contribution in [2.24, 2.45) is 0 Å². The number of rotatable bonds is 2. The monoisotopic (exact) mass is 179 g/mol. The van der Waals surface area contributed by atoms with Crippen molar-refractivity contribution in [2.45, 2.75) is 25.9 Å². The van der Waals surface area contributed by atoms with E-state index in [-0.39, 0.29) is 12.6 Å². The zero-order valence-corrected chi connectivity index (χ0v) is 7.57. The summed E-state index contributed by atoms with van der Waals surface area (Å²) in [5.41, 5.74) is 7.53. The third-order valence-corrected chi connectivity index (χ3v) is 2.07. The van der Waals surface area contributed by atoms with Gasteiger partial charge in [0.2, 0.25) is 0 Å². The number of anilines is 1. The minimum absolute atomic E-state index is 0.0428. The molecule has 13 heavy (non-hydrogen) atoms. The van der Waals surface area contributed by atoms with Gasteiger partial charge in [-0.15, -0.1) is 0 Å². The molecule has 0 radical (unpaired) electrons. The fourth-order valence-electron chi connectivity index (χ4n) is 1.38. The Morgan fingerprint density at radius 3 is 2.38 bits per heavy atom. The zero-order valence-electron chi connectivity index (χ0n) is 7.57. The molecule has 1 heterocycles. The van der Waals surface area contributed by atoms with E-state index in [4.69, 9.17) is 15.2 Å². The van der Waals surface area contributed by atoms with Crippen LogP contribution in [0.1, 0.15) is 12.5 Å². The Balaban J connectivity index is 1.91. The first-order valence-electron chi connectivity index (χ1n) is 4.39. The van der Waals surface area contributed by atoms with Crippen molar-refractivity contribution >= 4 is 5.69 Å². The van der Waals surface area contributed by atoms with E-state index >= 15 is 0 Å². The minimum atomic E-state index is -0.0707. The number of nitrogens with two attached hydrogens (primary N) is 1. The van der Waals surface area contributed by atoms with Crippen LogP contribution in [0.25, 0.3) is 0 Å². The molecule has 1 aromatic rings. The molecule has 1 fully saturated rings. The van der Waals surface area contributed by atoms with Crippen molar-refractivity contribution in [1.82, 2.24) is 0 Å². The maximum absolute atomic E-state index is 5.56. The number of nitrogen functional groups attached to an aromatic ring is 1. The average Bonchev–Trinajstić information content (AvgIpc) is 2.06. The summed E-state index contributed by atoms with van der Waals surface area (Å²) in [5.74, 6) is 0. The lowest BCUT2D eigenvalue weighted by Crippen LogP contribution is -2.40. The summed E-state index contributed by atoms with van der Waals surface area (Å²) in [4.78, 5) is 0. The topological polar surface area (TPSA) is 44.5 Å². The summed E-state index contributed by atoms with van der Waals surface area (Å²) in [6.45, 7) is 1.89. The molecule has 3 nitrogen and oxygen atoms in total. The molecule has 0 unspecified atom stereocenters. The van der Waals surface area contributed by atoms with E-state index in [1.165, 1.54) is 5.56 Å². The molecule has 0 amide bonds. The molecule has 1 aliphatic heterocycles. The predicted molar refractivity (Wildman–Crippen MR) is 50.0 cm³/mol. The largest absolute Gasteiger partial charge is 0.399 e. The highest BCUT2D eigenvalue weighted by molar-refractivity contribution is 5.39. The van der Waals surface area contributed by atoms with Gasteiger partial charge in [-0.2, -0.15) is 0 Å². The first-order chi connectivity index (χ1) is 6.24. The van der Waals surface area contributed by atoms with Crippen LogP contribution < -0.4 is 5.73 Å². The second-order valence-electron chi connectivity index (χ2n) is 3.22. The molecule has 0 bridgehead atoms. The van der Waals surface area contributed by atoms with Gasteiger partial charge in [0.15, 0.2) is 12.6 Å². The molecule has 2 rings (SSSR count). The van der Waals surface area contributed by atoms with E-state index < -0.39 is 0 Å². The second-order valence-corrected chi connectivity index (χ2v) is 3.22. The standard InChI is InChI=1S/C10H13NO2/c1-7-12-10(13-7)6-8-2-4-9(11)5-3-8/h2-5,7,10H,6,11H2,1H3.